The molecule has 2 aliphatic carbocycles. The van der Waals surface area contributed by atoms with Crippen LogP contribution in [0.3, 0.4) is 0 Å². The van der Waals surface area contributed by atoms with Crippen molar-refractivity contribution in [3.63, 3.8) is 0 Å². The van der Waals surface area contributed by atoms with Crippen LogP contribution in [0.4, 0.5) is 0 Å². The molecule has 2 bridgehead atoms. The fourth-order valence-corrected chi connectivity index (χ4v) is 7.40. The molecule has 0 unspecified atom stereocenters. The third-order valence-corrected chi connectivity index (χ3v) is 10.4. The molecule has 0 N–H and O–H groups in total. The van der Waals surface area contributed by atoms with Gasteiger partial charge in [0.05, 0.1) is 11.8 Å². The number of alkyl halides is 2. The number of hydrogen-bond acceptors (Lipinski definition) is 4. The van der Waals surface area contributed by atoms with Crippen LogP contribution in [0.2, 0.25) is 5.02 Å². The maximum absolute atomic E-state index is 13.5. The summed E-state index contributed by atoms with van der Waals surface area (Å²) in [4.78, 5) is 53.7. The van der Waals surface area contributed by atoms with Crippen molar-refractivity contribution in [1.82, 2.24) is 10.0 Å². The predicted octanol–water partition coefficient (Wildman–Crippen LogP) is 4.36. The molecule has 6 atom stereocenters. The zero-order valence-corrected chi connectivity index (χ0v) is 21.2. The lowest BCUT2D eigenvalue weighted by Gasteiger charge is -2.31. The molecular formula is C24H19Br2ClN2O4. The molecule has 2 aromatic rings. The van der Waals surface area contributed by atoms with Crippen molar-refractivity contribution < 1.29 is 19.2 Å². The van der Waals surface area contributed by atoms with Crippen LogP contribution >= 0.6 is 43.5 Å². The van der Waals surface area contributed by atoms with Crippen LogP contribution in [0.25, 0.3) is 0 Å². The maximum atomic E-state index is 13.5. The summed E-state index contributed by atoms with van der Waals surface area (Å²) in [6.45, 7) is -0.423. The lowest BCUT2D eigenvalue weighted by molar-refractivity contribution is -0.154. The third kappa shape index (κ3) is 3.67. The molecule has 3 aliphatic rings. The molecule has 170 valence electrons. The van der Waals surface area contributed by atoms with E-state index >= 15 is 0 Å². The molecule has 3 amide bonds. The van der Waals surface area contributed by atoms with Gasteiger partial charge in [-0.05, 0) is 42.5 Å². The summed E-state index contributed by atoms with van der Waals surface area (Å²) in [7, 11) is 0. The number of carbonyl (C=O) groups excluding carboxylic acids is 4. The summed E-state index contributed by atoms with van der Waals surface area (Å²) in [5.41, 5.74) is 0.629. The first kappa shape index (κ1) is 22.7. The number of imide groups is 1. The van der Waals surface area contributed by atoms with Crippen molar-refractivity contribution in [3.8, 4) is 0 Å². The number of benzene rings is 2. The molecule has 2 saturated carbocycles. The van der Waals surface area contributed by atoms with Gasteiger partial charge in [0.2, 0.25) is 0 Å². The third-order valence-electron chi connectivity index (χ3n) is 6.92. The van der Waals surface area contributed by atoms with Crippen LogP contribution in [0.1, 0.15) is 27.1 Å². The highest BCUT2D eigenvalue weighted by atomic mass is 79.9. The first-order valence-corrected chi connectivity index (χ1v) is 12.8. The number of Topliss-reactive ketones (excluding diaryl/α,β-unsaturated/α-hetero) is 1. The zero-order chi connectivity index (χ0) is 23.4. The summed E-state index contributed by atoms with van der Waals surface area (Å²) in [5, 5.41) is 2.38. The topological polar surface area (TPSA) is 74.8 Å². The standard InChI is InChI=1S/C24H19Br2ClN2O4/c25-20-15-10-16(21(20)26)19-18(15)23(32)29(24(19)33)28(11-17(30)12-4-2-1-3-5-12)22(31)13-6-8-14(27)9-7-13/h1-9,15-16,18-21H,10-11H2/t15-,16-,18-,19+,20+,21+/m1/s1. The van der Waals surface area contributed by atoms with Crippen molar-refractivity contribution in [2.24, 2.45) is 23.7 Å². The fraction of sp³-hybridized carbons (Fsp3) is 0.333. The van der Waals surface area contributed by atoms with Gasteiger partial charge in [0.1, 0.15) is 6.54 Å². The number of fused-ring (bicyclic) bond motifs is 5. The molecule has 9 heteroatoms. The summed E-state index contributed by atoms with van der Waals surface area (Å²) >= 11 is 13.3. The van der Waals surface area contributed by atoms with Crippen LogP contribution < -0.4 is 0 Å². The number of carbonyl (C=O) groups is 4. The minimum Gasteiger partial charge on any atom is -0.292 e. The van der Waals surface area contributed by atoms with E-state index < -0.39 is 36.1 Å². The van der Waals surface area contributed by atoms with E-state index in [1.807, 2.05) is 0 Å². The van der Waals surface area contributed by atoms with E-state index in [1.54, 1.807) is 42.5 Å². The zero-order valence-electron chi connectivity index (χ0n) is 17.2. The van der Waals surface area contributed by atoms with Gasteiger partial charge in [0.15, 0.2) is 5.78 Å². The van der Waals surface area contributed by atoms with Crippen molar-refractivity contribution >= 4 is 67.0 Å². The highest BCUT2D eigenvalue weighted by Crippen LogP contribution is 2.60. The van der Waals surface area contributed by atoms with E-state index in [-0.39, 0.29) is 32.8 Å². The predicted molar refractivity (Wildman–Crippen MR) is 129 cm³/mol. The van der Waals surface area contributed by atoms with E-state index in [9.17, 15) is 19.2 Å². The largest absolute Gasteiger partial charge is 0.292 e. The smallest absolute Gasteiger partial charge is 0.273 e. The molecule has 2 aromatic carbocycles. The Balaban J connectivity index is 1.51. The van der Waals surface area contributed by atoms with Crippen LogP contribution in [-0.2, 0) is 9.59 Å². The number of ketones is 1. The van der Waals surface area contributed by atoms with E-state index in [0.717, 1.165) is 16.4 Å². The van der Waals surface area contributed by atoms with Crippen LogP contribution in [-0.4, -0.2) is 49.7 Å². The molecule has 33 heavy (non-hydrogen) atoms. The fourth-order valence-electron chi connectivity index (χ4n) is 5.40. The van der Waals surface area contributed by atoms with Crippen molar-refractivity contribution in [3.05, 3.63) is 70.7 Å². The molecular weight excluding hydrogens is 576 g/mol. The van der Waals surface area contributed by atoms with Gasteiger partial charge in [-0.25, -0.2) is 5.01 Å². The van der Waals surface area contributed by atoms with Crippen molar-refractivity contribution in [2.75, 3.05) is 6.54 Å². The molecule has 1 aliphatic heterocycles. The number of halogens is 3. The number of hydrazine groups is 1. The molecule has 3 fully saturated rings. The second kappa shape index (κ2) is 8.64. The molecule has 0 radical (unpaired) electrons. The van der Waals surface area contributed by atoms with Crippen LogP contribution in [0, 0.1) is 23.7 Å². The van der Waals surface area contributed by atoms with E-state index in [2.05, 4.69) is 31.9 Å². The number of nitrogens with zero attached hydrogens (tertiary/aromatic N) is 2. The number of amides is 3. The number of rotatable bonds is 5. The Morgan fingerprint density at radius 2 is 1.42 bits per heavy atom. The lowest BCUT2D eigenvalue weighted by atomic mass is 9.81. The Hall–Kier alpha value is -2.03. The molecule has 1 saturated heterocycles. The van der Waals surface area contributed by atoms with Crippen molar-refractivity contribution in [2.45, 2.75) is 16.1 Å². The molecule has 1 heterocycles. The first-order valence-electron chi connectivity index (χ1n) is 10.6. The maximum Gasteiger partial charge on any atom is 0.273 e. The monoisotopic (exact) mass is 592 g/mol. The second-order valence-electron chi connectivity index (χ2n) is 8.65. The van der Waals surface area contributed by atoms with Gasteiger partial charge in [-0.15, -0.1) is 0 Å². The Morgan fingerprint density at radius 3 is 1.97 bits per heavy atom. The Morgan fingerprint density at radius 1 is 0.879 bits per heavy atom. The number of hydrogen-bond donors (Lipinski definition) is 0. The van der Waals surface area contributed by atoms with Gasteiger partial charge in [-0.2, -0.15) is 5.01 Å². The Labute approximate surface area is 212 Å². The summed E-state index contributed by atoms with van der Waals surface area (Å²) in [5.74, 6) is -2.77. The molecule has 5 rings (SSSR count). The van der Waals surface area contributed by atoms with Gasteiger partial charge < -0.3 is 0 Å². The van der Waals surface area contributed by atoms with E-state index in [0.29, 0.717) is 10.6 Å². The normalized spacial score (nSPS) is 30.0. The van der Waals surface area contributed by atoms with Gasteiger partial charge in [0.25, 0.3) is 17.7 Å². The van der Waals surface area contributed by atoms with Crippen LogP contribution in [0.5, 0.6) is 0 Å². The first-order chi connectivity index (χ1) is 15.8. The average Bonchev–Trinajstić information content (AvgIpc) is 3.43. The highest BCUT2D eigenvalue weighted by Gasteiger charge is 2.67. The highest BCUT2D eigenvalue weighted by molar-refractivity contribution is 9.12. The Bertz CT molecular complexity index is 1110. The van der Waals surface area contributed by atoms with Crippen molar-refractivity contribution in [1.29, 1.82) is 0 Å². The van der Waals surface area contributed by atoms with E-state index in [4.69, 9.17) is 11.6 Å². The van der Waals surface area contributed by atoms with Gasteiger partial charge in [0, 0.05) is 25.8 Å². The minimum atomic E-state index is -0.601. The molecule has 0 spiro atoms. The minimum absolute atomic E-state index is 0.00290. The summed E-state index contributed by atoms with van der Waals surface area (Å²) in [6, 6.07) is 14.6. The SMILES string of the molecule is O=C(CN(C(=O)c1ccc(Cl)cc1)N1C(=O)[C@@H]2[C@H]3C[C@@H]([C@H](Br)[C@H]3Br)[C@@H]2C1=O)c1ccccc1. The van der Waals surface area contributed by atoms with E-state index in [1.165, 1.54) is 12.1 Å². The van der Waals surface area contributed by atoms with Gasteiger partial charge in [-0.3, -0.25) is 19.2 Å². The average molecular weight is 595 g/mol. The molecule has 0 aromatic heterocycles. The molecule has 6 nitrogen and oxygen atoms in total. The second-order valence-corrected chi connectivity index (χ2v) is 11.2. The van der Waals surface area contributed by atoms with Crippen LogP contribution in [0.15, 0.2) is 54.6 Å². The van der Waals surface area contributed by atoms with Gasteiger partial charge in [-0.1, -0.05) is 73.8 Å². The quantitative estimate of drug-likeness (QED) is 0.293. The Kier molecular flexibility index (Phi) is 5.95. The summed E-state index contributed by atoms with van der Waals surface area (Å²) in [6.07, 6.45) is 0.778. The van der Waals surface area contributed by atoms with Gasteiger partial charge >= 0.3 is 0 Å². The lowest BCUT2D eigenvalue weighted by Crippen LogP contribution is -2.52. The summed E-state index contributed by atoms with van der Waals surface area (Å²) < 4.78 is 0.